The number of carboxylic acid groups (broad SMARTS) is 2. The number of halogens is 6. The van der Waals surface area contributed by atoms with Crippen molar-refractivity contribution in [2.45, 2.75) is 0 Å². The molecule has 2 N–H and O–H groups in total. The first-order valence-corrected chi connectivity index (χ1v) is 5.89. The molecule has 2 rings (SSSR count). The van der Waals surface area contributed by atoms with Crippen LogP contribution in [-0.4, -0.2) is 22.2 Å². The van der Waals surface area contributed by atoms with Gasteiger partial charge in [-0.2, -0.15) is 0 Å². The molecule has 0 amide bonds. The van der Waals surface area contributed by atoms with E-state index < -0.39 is 69.1 Å². The highest BCUT2D eigenvalue weighted by Crippen LogP contribution is 2.35. The number of hydrogen-bond acceptors (Lipinski definition) is 2. The van der Waals surface area contributed by atoms with Crippen molar-refractivity contribution in [2.24, 2.45) is 0 Å². The molecule has 0 spiro atoms. The van der Waals surface area contributed by atoms with Crippen LogP contribution in [0.2, 0.25) is 0 Å². The summed E-state index contributed by atoms with van der Waals surface area (Å²) in [5.41, 5.74) is -6.78. The molecule has 0 saturated heterocycles. The van der Waals surface area contributed by atoms with Gasteiger partial charge >= 0.3 is 11.9 Å². The molecule has 0 saturated carbocycles. The minimum Gasteiger partial charge on any atom is -0.477 e. The van der Waals surface area contributed by atoms with Crippen LogP contribution >= 0.6 is 0 Å². The molecule has 2 aromatic rings. The Morgan fingerprint density at radius 2 is 0.917 bits per heavy atom. The van der Waals surface area contributed by atoms with Gasteiger partial charge in [0.15, 0.2) is 11.6 Å². The third kappa shape index (κ3) is 2.55. The van der Waals surface area contributed by atoms with Crippen LogP contribution in [0, 0.1) is 34.9 Å². The second-order valence-electron chi connectivity index (χ2n) is 4.42. The van der Waals surface area contributed by atoms with E-state index in [-0.39, 0.29) is 12.1 Å². The average molecular weight is 350 g/mol. The lowest BCUT2D eigenvalue weighted by Crippen LogP contribution is -2.12. The summed E-state index contributed by atoms with van der Waals surface area (Å²) in [6.07, 6.45) is 0. The van der Waals surface area contributed by atoms with Crippen LogP contribution < -0.4 is 0 Å². The van der Waals surface area contributed by atoms with Crippen LogP contribution in [0.3, 0.4) is 0 Å². The van der Waals surface area contributed by atoms with Crippen LogP contribution in [-0.2, 0) is 0 Å². The molecule has 2 aromatic carbocycles. The van der Waals surface area contributed by atoms with Gasteiger partial charge in [-0.25, -0.2) is 35.9 Å². The first-order chi connectivity index (χ1) is 11.1. The maximum Gasteiger partial charge on any atom is 0.341 e. The van der Waals surface area contributed by atoms with Crippen molar-refractivity contribution in [3.8, 4) is 11.1 Å². The minimum atomic E-state index is -2.20. The third-order valence-corrected chi connectivity index (χ3v) is 3.02. The Morgan fingerprint density at radius 3 is 1.17 bits per heavy atom. The summed E-state index contributed by atoms with van der Waals surface area (Å²) in [6.45, 7) is 0. The lowest BCUT2D eigenvalue weighted by atomic mass is 9.97. The van der Waals surface area contributed by atoms with Gasteiger partial charge in [0.25, 0.3) is 0 Å². The van der Waals surface area contributed by atoms with Crippen molar-refractivity contribution < 1.29 is 46.1 Å². The molecule has 4 nitrogen and oxygen atoms in total. The van der Waals surface area contributed by atoms with Gasteiger partial charge in [-0.05, 0) is 0 Å². The zero-order valence-electron chi connectivity index (χ0n) is 11.1. The fourth-order valence-electron chi connectivity index (χ4n) is 2.03. The normalized spacial score (nSPS) is 10.8. The number of carboxylic acids is 2. The highest BCUT2D eigenvalue weighted by Gasteiger charge is 2.31. The largest absolute Gasteiger partial charge is 0.477 e. The smallest absolute Gasteiger partial charge is 0.341 e. The predicted octanol–water partition coefficient (Wildman–Crippen LogP) is 3.58. The number of rotatable bonds is 3. The molecular formula is C14H4F6O4. The molecule has 0 radical (unpaired) electrons. The molecule has 126 valence electrons. The van der Waals surface area contributed by atoms with E-state index in [0.717, 1.165) is 0 Å². The molecule has 10 heteroatoms. The van der Waals surface area contributed by atoms with Crippen LogP contribution in [0.5, 0.6) is 0 Å². The second kappa shape index (κ2) is 5.87. The summed E-state index contributed by atoms with van der Waals surface area (Å²) in [4.78, 5) is 21.6. The van der Waals surface area contributed by atoms with E-state index in [4.69, 9.17) is 10.2 Å². The van der Waals surface area contributed by atoms with E-state index in [1.54, 1.807) is 0 Å². The first-order valence-electron chi connectivity index (χ1n) is 5.89. The van der Waals surface area contributed by atoms with Gasteiger partial charge in [-0.1, -0.05) is 0 Å². The predicted molar refractivity (Wildman–Crippen MR) is 65.5 cm³/mol. The van der Waals surface area contributed by atoms with Gasteiger partial charge in [0.2, 0.25) is 0 Å². The van der Waals surface area contributed by atoms with Crippen LogP contribution in [0.4, 0.5) is 26.3 Å². The van der Waals surface area contributed by atoms with Crippen molar-refractivity contribution in [3.05, 3.63) is 58.2 Å². The molecule has 0 aliphatic rings. The average Bonchev–Trinajstić information content (AvgIpc) is 2.40. The number of hydrogen-bond donors (Lipinski definition) is 2. The van der Waals surface area contributed by atoms with E-state index in [1.807, 2.05) is 0 Å². The molecule has 0 aliphatic carbocycles. The minimum absolute atomic E-state index is 0.148. The Bertz CT molecular complexity index is 820. The van der Waals surface area contributed by atoms with E-state index in [1.165, 1.54) is 0 Å². The Kier molecular flexibility index (Phi) is 4.24. The summed E-state index contributed by atoms with van der Waals surface area (Å²) in [5.74, 6) is -16.3. The van der Waals surface area contributed by atoms with Crippen molar-refractivity contribution in [1.29, 1.82) is 0 Å². The summed E-state index contributed by atoms with van der Waals surface area (Å²) >= 11 is 0. The molecule has 0 aromatic heterocycles. The van der Waals surface area contributed by atoms with Crippen molar-refractivity contribution in [2.75, 3.05) is 0 Å². The van der Waals surface area contributed by atoms with E-state index in [9.17, 15) is 35.9 Å². The third-order valence-electron chi connectivity index (χ3n) is 3.02. The quantitative estimate of drug-likeness (QED) is 0.830. The van der Waals surface area contributed by atoms with E-state index in [2.05, 4.69) is 0 Å². The maximum absolute atomic E-state index is 14.1. The molecule has 24 heavy (non-hydrogen) atoms. The van der Waals surface area contributed by atoms with E-state index in [0.29, 0.717) is 0 Å². The maximum atomic E-state index is 14.1. The molecule has 0 heterocycles. The molecular weight excluding hydrogens is 346 g/mol. The topological polar surface area (TPSA) is 74.6 Å². The van der Waals surface area contributed by atoms with Crippen molar-refractivity contribution in [3.63, 3.8) is 0 Å². The fourth-order valence-corrected chi connectivity index (χ4v) is 2.03. The zero-order chi connectivity index (χ0) is 18.3. The highest BCUT2D eigenvalue weighted by molar-refractivity contribution is 5.93. The van der Waals surface area contributed by atoms with Crippen LogP contribution in [0.15, 0.2) is 12.1 Å². The Hall–Kier alpha value is -3.04. The highest BCUT2D eigenvalue weighted by atomic mass is 19.2. The van der Waals surface area contributed by atoms with Crippen LogP contribution in [0.1, 0.15) is 20.7 Å². The van der Waals surface area contributed by atoms with Crippen molar-refractivity contribution >= 4 is 11.9 Å². The van der Waals surface area contributed by atoms with Gasteiger partial charge in [-0.15, -0.1) is 0 Å². The zero-order valence-corrected chi connectivity index (χ0v) is 11.1. The molecule has 0 aliphatic heterocycles. The summed E-state index contributed by atoms with van der Waals surface area (Å²) < 4.78 is 82.4. The molecule has 0 bridgehead atoms. The first kappa shape index (κ1) is 17.3. The summed E-state index contributed by atoms with van der Waals surface area (Å²) in [7, 11) is 0. The van der Waals surface area contributed by atoms with Crippen LogP contribution in [0.25, 0.3) is 11.1 Å². The summed E-state index contributed by atoms with van der Waals surface area (Å²) in [6, 6.07) is -0.297. The SMILES string of the molecule is O=C(O)c1c(F)cc(F)c(-c2c(F)cc(F)c(C(=O)O)c2F)c1F. The Balaban J connectivity index is 2.98. The molecule has 0 unspecified atom stereocenters. The van der Waals surface area contributed by atoms with Gasteiger partial charge in [0, 0.05) is 12.1 Å². The van der Waals surface area contributed by atoms with Gasteiger partial charge < -0.3 is 10.2 Å². The molecule has 0 fully saturated rings. The standard InChI is InChI=1S/C14H4F6O4/c15-3-1-5(17)9(13(21)22)11(19)7(3)8-4(16)2-6(18)10(12(8)20)14(23)24/h1-2H,(H,21,22)(H,23,24). The lowest BCUT2D eigenvalue weighted by molar-refractivity contribution is 0.0674. The van der Waals surface area contributed by atoms with Gasteiger partial charge in [-0.3, -0.25) is 0 Å². The fraction of sp³-hybridized carbons (Fsp3) is 0. The lowest BCUT2D eigenvalue weighted by Gasteiger charge is -2.12. The van der Waals surface area contributed by atoms with Gasteiger partial charge in [0.1, 0.15) is 34.4 Å². The van der Waals surface area contributed by atoms with Crippen molar-refractivity contribution in [1.82, 2.24) is 0 Å². The second-order valence-corrected chi connectivity index (χ2v) is 4.42. The number of benzene rings is 2. The number of aromatic carboxylic acids is 2. The Morgan fingerprint density at radius 1 is 0.625 bits per heavy atom. The Labute approximate surface area is 128 Å². The number of carbonyl (C=O) groups is 2. The van der Waals surface area contributed by atoms with E-state index >= 15 is 0 Å². The van der Waals surface area contributed by atoms with Gasteiger partial charge in [0.05, 0.1) is 11.1 Å². The molecule has 0 atom stereocenters. The summed E-state index contributed by atoms with van der Waals surface area (Å²) in [5, 5.41) is 17.4. The monoisotopic (exact) mass is 350 g/mol.